The van der Waals surface area contributed by atoms with E-state index in [-0.39, 0.29) is 11.6 Å². The van der Waals surface area contributed by atoms with Crippen LogP contribution in [0.4, 0.5) is 0 Å². The van der Waals surface area contributed by atoms with Gasteiger partial charge in [-0.1, -0.05) is 12.1 Å². The van der Waals surface area contributed by atoms with E-state index in [9.17, 15) is 4.79 Å². The van der Waals surface area contributed by atoms with Crippen LogP contribution in [0.1, 0.15) is 33.4 Å². The maximum absolute atomic E-state index is 12.8. The summed E-state index contributed by atoms with van der Waals surface area (Å²) in [5.41, 5.74) is 4.79. The first-order valence-electron chi connectivity index (χ1n) is 10.6. The summed E-state index contributed by atoms with van der Waals surface area (Å²) in [6, 6.07) is 15.9. The Labute approximate surface area is 190 Å². The van der Waals surface area contributed by atoms with Gasteiger partial charge in [0.25, 0.3) is 5.56 Å². The van der Waals surface area contributed by atoms with Crippen molar-refractivity contribution in [1.82, 2.24) is 14.3 Å². The molecule has 0 saturated heterocycles. The fraction of sp³-hybridized carbons (Fsp3) is 0.280. The van der Waals surface area contributed by atoms with Gasteiger partial charge >= 0.3 is 0 Å². The van der Waals surface area contributed by atoms with Gasteiger partial charge in [0.05, 0.1) is 26.0 Å². The molecule has 4 heterocycles. The zero-order valence-electron chi connectivity index (χ0n) is 18.4. The van der Waals surface area contributed by atoms with E-state index in [1.54, 1.807) is 36.0 Å². The summed E-state index contributed by atoms with van der Waals surface area (Å²) in [4.78, 5) is 21.3. The molecule has 32 heavy (non-hydrogen) atoms. The predicted octanol–water partition coefficient (Wildman–Crippen LogP) is 4.23. The molecule has 0 fully saturated rings. The normalized spacial score (nSPS) is 16.2. The van der Waals surface area contributed by atoms with Crippen LogP contribution in [0.2, 0.25) is 0 Å². The molecule has 0 bridgehead atoms. The lowest BCUT2D eigenvalue weighted by Gasteiger charge is -2.37. The Kier molecular flexibility index (Phi) is 5.45. The molecule has 4 aromatic rings. The summed E-state index contributed by atoms with van der Waals surface area (Å²) in [7, 11) is 3.33. The molecule has 0 unspecified atom stereocenters. The standard InChI is InChI=1S/C25H25N3O3S/c1-16-6-4-8-23-26-18(13-24(29)28(16)23)15-27-10-9-17-12-20(30-2)21(31-3)14-19(17)25(27)22-7-5-11-32-22/h4-8,11-14,25H,9-10,15H2,1-3H3/t25-/m1/s1. The van der Waals surface area contributed by atoms with Crippen LogP contribution in [0.3, 0.4) is 0 Å². The molecule has 1 aliphatic rings. The van der Waals surface area contributed by atoms with E-state index in [1.165, 1.54) is 16.0 Å². The summed E-state index contributed by atoms with van der Waals surface area (Å²) < 4.78 is 12.8. The number of ether oxygens (including phenoxy) is 2. The highest BCUT2D eigenvalue weighted by Crippen LogP contribution is 2.42. The molecule has 164 valence electrons. The van der Waals surface area contributed by atoms with Crippen LogP contribution >= 0.6 is 11.3 Å². The van der Waals surface area contributed by atoms with E-state index in [1.807, 2.05) is 25.1 Å². The van der Waals surface area contributed by atoms with Crippen molar-refractivity contribution in [3.05, 3.63) is 91.7 Å². The minimum Gasteiger partial charge on any atom is -0.493 e. The van der Waals surface area contributed by atoms with Gasteiger partial charge in [0.1, 0.15) is 5.65 Å². The number of aryl methyl sites for hydroxylation is 1. The Bertz CT molecular complexity index is 1330. The Morgan fingerprint density at radius 1 is 1.09 bits per heavy atom. The average molecular weight is 448 g/mol. The van der Waals surface area contributed by atoms with E-state index in [2.05, 4.69) is 34.5 Å². The van der Waals surface area contributed by atoms with Gasteiger partial charge in [-0.25, -0.2) is 4.98 Å². The van der Waals surface area contributed by atoms with E-state index in [0.29, 0.717) is 12.2 Å². The molecule has 1 atom stereocenters. The molecule has 0 radical (unpaired) electrons. The van der Waals surface area contributed by atoms with Crippen molar-refractivity contribution in [3.8, 4) is 11.5 Å². The quantitative estimate of drug-likeness (QED) is 0.458. The molecule has 0 saturated carbocycles. The topological polar surface area (TPSA) is 56.1 Å². The number of nitrogens with zero attached hydrogens (tertiary/aromatic N) is 3. The summed E-state index contributed by atoms with van der Waals surface area (Å²) in [5, 5.41) is 2.10. The van der Waals surface area contributed by atoms with Gasteiger partial charge in [-0.05, 0) is 60.2 Å². The second-order valence-electron chi connectivity index (χ2n) is 7.99. The summed E-state index contributed by atoms with van der Waals surface area (Å²) in [6.45, 7) is 3.38. The predicted molar refractivity (Wildman–Crippen MR) is 126 cm³/mol. The first kappa shape index (κ1) is 20.7. The number of methoxy groups -OCH3 is 2. The lowest BCUT2D eigenvalue weighted by molar-refractivity contribution is 0.203. The molecule has 7 heteroatoms. The average Bonchev–Trinajstić information content (AvgIpc) is 3.32. The smallest absolute Gasteiger partial charge is 0.258 e. The molecule has 0 amide bonds. The van der Waals surface area contributed by atoms with Crippen LogP contribution < -0.4 is 15.0 Å². The number of aromatic nitrogens is 2. The lowest BCUT2D eigenvalue weighted by Crippen LogP contribution is -2.36. The van der Waals surface area contributed by atoms with Crippen molar-refractivity contribution in [2.24, 2.45) is 0 Å². The van der Waals surface area contributed by atoms with Crippen molar-refractivity contribution >= 4 is 17.0 Å². The van der Waals surface area contributed by atoms with Gasteiger partial charge in [-0.3, -0.25) is 14.1 Å². The second-order valence-corrected chi connectivity index (χ2v) is 8.97. The molecule has 5 rings (SSSR count). The molecule has 6 nitrogen and oxygen atoms in total. The Balaban J connectivity index is 1.57. The van der Waals surface area contributed by atoms with E-state index in [4.69, 9.17) is 14.5 Å². The fourth-order valence-corrected chi connectivity index (χ4v) is 5.48. The van der Waals surface area contributed by atoms with Crippen molar-refractivity contribution in [2.45, 2.75) is 25.9 Å². The zero-order valence-corrected chi connectivity index (χ0v) is 19.2. The number of benzene rings is 1. The monoisotopic (exact) mass is 447 g/mol. The van der Waals surface area contributed by atoms with Gasteiger partial charge in [0.2, 0.25) is 0 Å². The minimum atomic E-state index is -0.0420. The number of fused-ring (bicyclic) bond motifs is 2. The van der Waals surface area contributed by atoms with Crippen molar-refractivity contribution < 1.29 is 9.47 Å². The van der Waals surface area contributed by atoms with Gasteiger partial charge in [-0.15, -0.1) is 11.3 Å². The third-order valence-corrected chi connectivity index (χ3v) is 7.01. The summed E-state index contributed by atoms with van der Waals surface area (Å²) in [5.74, 6) is 1.48. The SMILES string of the molecule is COc1cc2c(cc1OC)[C@H](c1cccs1)N(Cc1cc(=O)n3c(C)cccc3n1)CC2. The summed E-state index contributed by atoms with van der Waals surface area (Å²) >= 11 is 1.74. The zero-order chi connectivity index (χ0) is 22.2. The van der Waals surface area contributed by atoms with Crippen LogP contribution in [-0.4, -0.2) is 35.0 Å². The van der Waals surface area contributed by atoms with Crippen LogP contribution in [0, 0.1) is 6.92 Å². The molecule has 3 aromatic heterocycles. The molecular formula is C25H25N3O3S. The Hall–Kier alpha value is -3.16. The van der Waals surface area contributed by atoms with Gasteiger partial charge in [0.15, 0.2) is 11.5 Å². The fourth-order valence-electron chi connectivity index (χ4n) is 4.60. The van der Waals surface area contributed by atoms with E-state index < -0.39 is 0 Å². The van der Waals surface area contributed by atoms with Crippen LogP contribution in [0.15, 0.2) is 58.7 Å². The number of thiophene rings is 1. The first-order chi connectivity index (χ1) is 15.6. The molecule has 1 aromatic carbocycles. The maximum Gasteiger partial charge on any atom is 0.258 e. The Morgan fingerprint density at radius 3 is 2.66 bits per heavy atom. The number of pyridine rings is 1. The largest absolute Gasteiger partial charge is 0.493 e. The van der Waals surface area contributed by atoms with Crippen molar-refractivity contribution in [2.75, 3.05) is 20.8 Å². The van der Waals surface area contributed by atoms with E-state index >= 15 is 0 Å². The van der Waals surface area contributed by atoms with Gasteiger partial charge in [-0.2, -0.15) is 0 Å². The number of hydrogen-bond acceptors (Lipinski definition) is 6. The third-order valence-electron chi connectivity index (χ3n) is 6.08. The van der Waals surface area contributed by atoms with Crippen molar-refractivity contribution in [3.63, 3.8) is 0 Å². The lowest BCUT2D eigenvalue weighted by atomic mass is 9.90. The van der Waals surface area contributed by atoms with Crippen molar-refractivity contribution in [1.29, 1.82) is 0 Å². The number of rotatable bonds is 5. The van der Waals surface area contributed by atoms with Crippen LogP contribution in [-0.2, 0) is 13.0 Å². The molecular weight excluding hydrogens is 422 g/mol. The van der Waals surface area contributed by atoms with Gasteiger partial charge < -0.3 is 9.47 Å². The Morgan fingerprint density at radius 2 is 1.91 bits per heavy atom. The second kappa shape index (κ2) is 8.41. The minimum absolute atomic E-state index is 0.0420. The molecule has 0 spiro atoms. The molecule has 0 N–H and O–H groups in total. The first-order valence-corrected chi connectivity index (χ1v) is 11.5. The van der Waals surface area contributed by atoms with Crippen LogP contribution in [0.25, 0.3) is 5.65 Å². The molecule has 1 aliphatic heterocycles. The third kappa shape index (κ3) is 3.57. The van der Waals surface area contributed by atoms with Crippen LogP contribution in [0.5, 0.6) is 11.5 Å². The van der Waals surface area contributed by atoms with E-state index in [0.717, 1.165) is 35.9 Å². The number of hydrogen-bond donors (Lipinski definition) is 0. The highest BCUT2D eigenvalue weighted by molar-refractivity contribution is 7.10. The van der Waals surface area contributed by atoms with Gasteiger partial charge in [0, 0.05) is 29.7 Å². The molecule has 0 aliphatic carbocycles. The highest BCUT2D eigenvalue weighted by Gasteiger charge is 2.31. The maximum atomic E-state index is 12.8. The highest BCUT2D eigenvalue weighted by atomic mass is 32.1. The summed E-state index contributed by atoms with van der Waals surface area (Å²) in [6.07, 6.45) is 0.892.